The summed E-state index contributed by atoms with van der Waals surface area (Å²) in [4.78, 5) is 18.2. The molecule has 0 radical (unpaired) electrons. The molecule has 1 atom stereocenters. The van der Waals surface area contributed by atoms with Gasteiger partial charge in [-0.05, 0) is 31.5 Å². The molecule has 0 aliphatic carbocycles. The number of nitrogens with zero attached hydrogens (tertiary/aromatic N) is 1. The van der Waals surface area contributed by atoms with Gasteiger partial charge in [-0.1, -0.05) is 28.1 Å². The molecule has 0 saturated carbocycles. The topological polar surface area (TPSA) is 57.8 Å². The van der Waals surface area contributed by atoms with Crippen LogP contribution >= 0.6 is 15.9 Å². The summed E-state index contributed by atoms with van der Waals surface area (Å²) in [5.74, 6) is 1.19. The van der Waals surface area contributed by atoms with Crippen molar-refractivity contribution in [3.63, 3.8) is 0 Å². The second-order valence-corrected chi connectivity index (χ2v) is 5.05. The third kappa shape index (κ3) is 3.20. The van der Waals surface area contributed by atoms with E-state index in [0.717, 1.165) is 10.0 Å². The summed E-state index contributed by atoms with van der Waals surface area (Å²) in [6.07, 6.45) is 0. The Morgan fingerprint density at radius 1 is 1.39 bits per heavy atom. The minimum atomic E-state index is -0.147. The van der Waals surface area contributed by atoms with Crippen molar-refractivity contribution in [1.29, 1.82) is 0 Å². The number of hydrogen-bond donors (Lipinski definition) is 2. The smallest absolute Gasteiger partial charge is 0.252 e. The van der Waals surface area contributed by atoms with Crippen molar-refractivity contribution in [1.82, 2.24) is 9.97 Å². The predicted molar refractivity (Wildman–Crippen MR) is 75.8 cm³/mol. The van der Waals surface area contributed by atoms with Gasteiger partial charge < -0.3 is 10.3 Å². The van der Waals surface area contributed by atoms with Gasteiger partial charge in [-0.15, -0.1) is 0 Å². The van der Waals surface area contributed by atoms with Crippen LogP contribution in [0.5, 0.6) is 0 Å². The highest BCUT2D eigenvalue weighted by atomic mass is 79.9. The highest BCUT2D eigenvalue weighted by Crippen LogP contribution is 2.20. The molecule has 2 N–H and O–H groups in total. The Kier molecular flexibility index (Phi) is 3.81. The standard InChI is InChI=1S/C13H14BrN3O/c1-8(10-4-3-5-11(14)6-10)15-12-7-13(18)17-9(2)16-12/h3-8H,1-2H3,(H2,15,16,17,18). The number of hydrogen-bond acceptors (Lipinski definition) is 3. The number of anilines is 1. The highest BCUT2D eigenvalue weighted by molar-refractivity contribution is 9.10. The molecule has 4 nitrogen and oxygen atoms in total. The van der Waals surface area contributed by atoms with Crippen LogP contribution in [0.1, 0.15) is 24.4 Å². The van der Waals surface area contributed by atoms with E-state index in [9.17, 15) is 4.79 Å². The minimum Gasteiger partial charge on any atom is -0.363 e. The average molecular weight is 308 g/mol. The molecule has 0 bridgehead atoms. The molecule has 1 aromatic carbocycles. The van der Waals surface area contributed by atoms with E-state index in [1.807, 2.05) is 31.2 Å². The molecular weight excluding hydrogens is 294 g/mol. The van der Waals surface area contributed by atoms with Crippen molar-refractivity contribution in [2.24, 2.45) is 0 Å². The summed E-state index contributed by atoms with van der Waals surface area (Å²) in [6.45, 7) is 3.79. The summed E-state index contributed by atoms with van der Waals surface area (Å²) < 4.78 is 1.03. The van der Waals surface area contributed by atoms with E-state index in [2.05, 4.69) is 31.2 Å². The second kappa shape index (κ2) is 5.35. The number of rotatable bonds is 3. The van der Waals surface area contributed by atoms with Crippen molar-refractivity contribution in [2.75, 3.05) is 5.32 Å². The maximum Gasteiger partial charge on any atom is 0.252 e. The van der Waals surface area contributed by atoms with Gasteiger partial charge in [0.1, 0.15) is 11.6 Å². The zero-order chi connectivity index (χ0) is 13.1. The first kappa shape index (κ1) is 12.8. The molecule has 0 spiro atoms. The molecule has 18 heavy (non-hydrogen) atoms. The monoisotopic (exact) mass is 307 g/mol. The molecule has 1 heterocycles. The molecule has 0 fully saturated rings. The van der Waals surface area contributed by atoms with Gasteiger partial charge in [0.05, 0.1) is 0 Å². The van der Waals surface area contributed by atoms with Crippen LogP contribution < -0.4 is 10.9 Å². The largest absolute Gasteiger partial charge is 0.363 e. The van der Waals surface area contributed by atoms with Gasteiger partial charge in [0.25, 0.3) is 5.56 Å². The Balaban J connectivity index is 2.21. The maximum atomic E-state index is 11.3. The second-order valence-electron chi connectivity index (χ2n) is 4.14. The van der Waals surface area contributed by atoms with Gasteiger partial charge in [0.15, 0.2) is 0 Å². The van der Waals surface area contributed by atoms with E-state index < -0.39 is 0 Å². The number of aromatic nitrogens is 2. The summed E-state index contributed by atoms with van der Waals surface area (Å²) in [7, 11) is 0. The van der Waals surface area contributed by atoms with E-state index in [1.165, 1.54) is 6.07 Å². The Labute approximate surface area is 114 Å². The van der Waals surface area contributed by atoms with Crippen molar-refractivity contribution in [3.8, 4) is 0 Å². The Morgan fingerprint density at radius 3 is 2.83 bits per heavy atom. The van der Waals surface area contributed by atoms with Crippen LogP contribution in [0.4, 0.5) is 5.82 Å². The van der Waals surface area contributed by atoms with Crippen LogP contribution in [-0.4, -0.2) is 9.97 Å². The van der Waals surface area contributed by atoms with Gasteiger partial charge in [0, 0.05) is 16.6 Å². The van der Waals surface area contributed by atoms with Gasteiger partial charge >= 0.3 is 0 Å². The van der Waals surface area contributed by atoms with E-state index in [0.29, 0.717) is 11.6 Å². The molecule has 0 saturated heterocycles. The number of nitrogens with one attached hydrogen (secondary N) is 2. The lowest BCUT2D eigenvalue weighted by molar-refractivity contribution is 0.863. The van der Waals surface area contributed by atoms with Gasteiger partial charge in [-0.2, -0.15) is 0 Å². The summed E-state index contributed by atoms with van der Waals surface area (Å²) in [5, 5.41) is 3.22. The zero-order valence-electron chi connectivity index (χ0n) is 10.2. The molecule has 0 amide bonds. The van der Waals surface area contributed by atoms with Crippen molar-refractivity contribution in [3.05, 3.63) is 56.5 Å². The van der Waals surface area contributed by atoms with Gasteiger partial charge in [-0.25, -0.2) is 4.98 Å². The van der Waals surface area contributed by atoms with Crippen LogP contribution in [-0.2, 0) is 0 Å². The molecule has 2 rings (SSSR count). The lowest BCUT2D eigenvalue weighted by atomic mass is 10.1. The first-order valence-electron chi connectivity index (χ1n) is 5.64. The van der Waals surface area contributed by atoms with Crippen molar-refractivity contribution in [2.45, 2.75) is 19.9 Å². The number of benzene rings is 1. The molecular formula is C13H14BrN3O. The van der Waals surface area contributed by atoms with Crippen molar-refractivity contribution >= 4 is 21.7 Å². The van der Waals surface area contributed by atoms with Crippen LogP contribution in [0.2, 0.25) is 0 Å². The van der Waals surface area contributed by atoms with Crippen LogP contribution in [0.25, 0.3) is 0 Å². The summed E-state index contributed by atoms with van der Waals surface area (Å²) in [5.41, 5.74) is 0.982. The lowest BCUT2D eigenvalue weighted by Gasteiger charge is -2.15. The fourth-order valence-corrected chi connectivity index (χ4v) is 2.15. The number of H-pyrrole nitrogens is 1. The van der Waals surface area contributed by atoms with E-state index in [4.69, 9.17) is 0 Å². The Bertz CT molecular complexity index is 609. The van der Waals surface area contributed by atoms with Crippen molar-refractivity contribution < 1.29 is 0 Å². The normalized spacial score (nSPS) is 12.2. The number of aryl methyl sites for hydroxylation is 1. The Hall–Kier alpha value is -1.62. The summed E-state index contributed by atoms with van der Waals surface area (Å²) in [6, 6.07) is 9.57. The van der Waals surface area contributed by atoms with E-state index in [-0.39, 0.29) is 11.6 Å². The zero-order valence-corrected chi connectivity index (χ0v) is 11.8. The van der Waals surface area contributed by atoms with E-state index >= 15 is 0 Å². The third-order valence-corrected chi connectivity index (χ3v) is 3.07. The lowest BCUT2D eigenvalue weighted by Crippen LogP contribution is -2.14. The van der Waals surface area contributed by atoms with Gasteiger partial charge in [0.2, 0.25) is 0 Å². The number of halogens is 1. The number of aromatic amines is 1. The SMILES string of the molecule is Cc1nc(NC(C)c2cccc(Br)c2)cc(=O)[nH]1. The molecule has 94 valence electrons. The van der Waals surface area contributed by atoms with E-state index in [1.54, 1.807) is 6.92 Å². The molecule has 0 aliphatic rings. The quantitative estimate of drug-likeness (QED) is 0.916. The van der Waals surface area contributed by atoms with Crippen LogP contribution in [0, 0.1) is 6.92 Å². The average Bonchev–Trinajstić information content (AvgIpc) is 2.27. The maximum absolute atomic E-state index is 11.3. The first-order valence-corrected chi connectivity index (χ1v) is 6.44. The first-order chi connectivity index (χ1) is 8.54. The molecule has 0 aliphatic heterocycles. The van der Waals surface area contributed by atoms with Crippen LogP contribution in [0.3, 0.4) is 0 Å². The Morgan fingerprint density at radius 2 is 2.17 bits per heavy atom. The highest BCUT2D eigenvalue weighted by Gasteiger charge is 2.07. The molecule has 1 aromatic heterocycles. The van der Waals surface area contributed by atoms with Gasteiger partial charge in [-0.3, -0.25) is 4.79 Å². The molecule has 2 aromatic rings. The van der Waals surface area contributed by atoms with Crippen LogP contribution in [0.15, 0.2) is 39.6 Å². The predicted octanol–water partition coefficient (Wildman–Crippen LogP) is 3.01. The summed E-state index contributed by atoms with van der Waals surface area (Å²) >= 11 is 3.44. The minimum absolute atomic E-state index is 0.0798. The molecule has 1 unspecified atom stereocenters. The fraction of sp³-hybridized carbons (Fsp3) is 0.231. The third-order valence-electron chi connectivity index (χ3n) is 2.57. The molecule has 5 heteroatoms. The fourth-order valence-electron chi connectivity index (χ4n) is 1.73.